The van der Waals surface area contributed by atoms with Gasteiger partial charge in [0.05, 0.1) is 27.2 Å². The molecule has 0 amide bonds. The molecular formula is C18H27Br2N2S2+. The van der Waals surface area contributed by atoms with Gasteiger partial charge in [-0.15, -0.1) is 22.7 Å². The molecule has 0 spiro atoms. The van der Waals surface area contributed by atoms with Gasteiger partial charge in [-0.25, -0.2) is 0 Å². The summed E-state index contributed by atoms with van der Waals surface area (Å²) in [5.74, 6) is 0. The van der Waals surface area contributed by atoms with E-state index in [0.717, 1.165) is 19.6 Å². The minimum Gasteiger partial charge on any atom is -0.334 e. The minimum absolute atomic E-state index is 1.03. The smallest absolute Gasteiger partial charge is 0.0900 e. The Balaban J connectivity index is 2.07. The van der Waals surface area contributed by atoms with E-state index in [4.69, 9.17) is 0 Å². The number of halogens is 2. The summed E-state index contributed by atoms with van der Waals surface area (Å²) >= 11 is 11.1. The zero-order valence-electron chi connectivity index (χ0n) is 14.9. The van der Waals surface area contributed by atoms with Gasteiger partial charge in [0.2, 0.25) is 0 Å². The van der Waals surface area contributed by atoms with Crippen molar-refractivity contribution in [1.29, 1.82) is 0 Å². The first kappa shape index (κ1) is 20.6. The molecule has 6 heteroatoms. The Bertz CT molecular complexity index is 560. The van der Waals surface area contributed by atoms with Gasteiger partial charge >= 0.3 is 0 Å². The normalized spacial score (nSPS) is 11.8. The van der Waals surface area contributed by atoms with Crippen LogP contribution in [-0.4, -0.2) is 31.1 Å². The van der Waals surface area contributed by atoms with E-state index in [-0.39, 0.29) is 0 Å². The molecule has 2 heterocycles. The van der Waals surface area contributed by atoms with Gasteiger partial charge in [0.25, 0.3) is 0 Å². The lowest BCUT2D eigenvalue weighted by atomic mass is 10.3. The quantitative estimate of drug-likeness (QED) is 0.522. The number of aryl methyl sites for hydroxylation is 2. The van der Waals surface area contributed by atoms with Crippen molar-refractivity contribution in [2.75, 3.05) is 26.2 Å². The van der Waals surface area contributed by atoms with Crippen molar-refractivity contribution in [2.24, 2.45) is 0 Å². The van der Waals surface area contributed by atoms with Crippen molar-refractivity contribution >= 4 is 54.5 Å². The first-order chi connectivity index (χ1) is 11.4. The molecule has 1 N–H and O–H groups in total. The van der Waals surface area contributed by atoms with E-state index in [2.05, 4.69) is 76.6 Å². The first-order valence-corrected chi connectivity index (χ1v) is 11.7. The van der Waals surface area contributed by atoms with Crippen molar-refractivity contribution in [3.8, 4) is 0 Å². The number of hydrogen-bond acceptors (Lipinski definition) is 3. The van der Waals surface area contributed by atoms with Crippen LogP contribution in [0.3, 0.4) is 0 Å². The lowest BCUT2D eigenvalue weighted by molar-refractivity contribution is -0.895. The minimum atomic E-state index is 1.03. The zero-order chi connectivity index (χ0) is 17.7. The molecule has 0 atom stereocenters. The second-order valence-corrected chi connectivity index (χ2v) is 11.2. The Morgan fingerprint density at radius 1 is 0.917 bits per heavy atom. The van der Waals surface area contributed by atoms with E-state index >= 15 is 0 Å². The third-order valence-electron chi connectivity index (χ3n) is 4.36. The molecule has 0 aromatic carbocycles. The van der Waals surface area contributed by atoms with Gasteiger partial charge in [0, 0.05) is 29.4 Å². The van der Waals surface area contributed by atoms with E-state index in [0.29, 0.717) is 0 Å². The fraction of sp³-hybridized carbons (Fsp3) is 0.556. The molecule has 0 aliphatic heterocycles. The molecular weight excluding hydrogens is 468 g/mol. The molecule has 0 saturated carbocycles. The number of hydrogen-bond donors (Lipinski definition) is 1. The Morgan fingerprint density at radius 3 is 1.71 bits per heavy atom. The topological polar surface area (TPSA) is 7.68 Å². The highest BCUT2D eigenvalue weighted by Crippen LogP contribution is 2.30. The van der Waals surface area contributed by atoms with Crippen molar-refractivity contribution < 1.29 is 4.90 Å². The summed E-state index contributed by atoms with van der Waals surface area (Å²) in [6.07, 6.45) is 0. The van der Waals surface area contributed by atoms with Gasteiger partial charge < -0.3 is 4.90 Å². The molecule has 2 aromatic rings. The van der Waals surface area contributed by atoms with Crippen molar-refractivity contribution in [2.45, 2.75) is 40.8 Å². The van der Waals surface area contributed by atoms with Crippen molar-refractivity contribution in [3.63, 3.8) is 0 Å². The fourth-order valence-electron chi connectivity index (χ4n) is 2.78. The Morgan fingerprint density at radius 2 is 1.38 bits per heavy atom. The highest BCUT2D eigenvalue weighted by Gasteiger charge is 2.14. The van der Waals surface area contributed by atoms with E-state index < -0.39 is 0 Å². The molecule has 24 heavy (non-hydrogen) atoms. The van der Waals surface area contributed by atoms with Crippen LogP contribution >= 0.6 is 54.5 Å². The van der Waals surface area contributed by atoms with Gasteiger partial charge in [0.15, 0.2) is 0 Å². The molecule has 0 radical (unpaired) electrons. The van der Waals surface area contributed by atoms with Gasteiger partial charge in [-0.1, -0.05) is 0 Å². The van der Waals surface area contributed by atoms with E-state index in [1.165, 1.54) is 48.1 Å². The van der Waals surface area contributed by atoms with Crippen LogP contribution in [0.25, 0.3) is 0 Å². The third-order valence-corrected chi connectivity index (χ3v) is 8.60. The molecule has 2 rings (SSSR count). The van der Waals surface area contributed by atoms with Crippen LogP contribution in [0, 0.1) is 13.8 Å². The van der Waals surface area contributed by atoms with Crippen LogP contribution < -0.4 is 4.90 Å². The van der Waals surface area contributed by atoms with Gasteiger partial charge in [0.1, 0.15) is 0 Å². The zero-order valence-corrected chi connectivity index (χ0v) is 19.7. The number of nitrogens with one attached hydrogen (secondary N) is 1. The summed E-state index contributed by atoms with van der Waals surface area (Å²) in [6.45, 7) is 15.7. The standard InChI is InChI=1S/C18H26Br2N2S2/c1-5-21(6-2)7-8-22(11-15-9-13(3)17(19)23-15)12-16-10-14(4)18(20)24-16/h9-10H,5-8,11-12H2,1-4H3/p+1. The summed E-state index contributed by atoms with van der Waals surface area (Å²) in [6, 6.07) is 4.64. The van der Waals surface area contributed by atoms with Crippen LogP contribution in [0.4, 0.5) is 0 Å². The monoisotopic (exact) mass is 493 g/mol. The highest BCUT2D eigenvalue weighted by atomic mass is 79.9. The van der Waals surface area contributed by atoms with Gasteiger partial charge in [-0.3, -0.25) is 4.90 Å². The second kappa shape index (κ2) is 9.83. The van der Waals surface area contributed by atoms with E-state index in [9.17, 15) is 0 Å². The molecule has 0 aliphatic carbocycles. The molecule has 2 aromatic heterocycles. The van der Waals surface area contributed by atoms with Crippen molar-refractivity contribution in [3.05, 3.63) is 40.6 Å². The summed E-state index contributed by atoms with van der Waals surface area (Å²) in [5, 5.41) is 0. The molecule has 0 bridgehead atoms. The maximum atomic E-state index is 3.66. The SMILES string of the molecule is CC[NH+](CC)CCN(Cc1cc(C)c(Br)s1)Cc1cc(C)c(Br)s1. The highest BCUT2D eigenvalue weighted by molar-refractivity contribution is 9.11. The summed E-state index contributed by atoms with van der Waals surface area (Å²) < 4.78 is 2.53. The Kier molecular flexibility index (Phi) is 8.44. The number of rotatable bonds is 9. The van der Waals surface area contributed by atoms with Crippen LogP contribution in [-0.2, 0) is 13.1 Å². The van der Waals surface area contributed by atoms with Crippen molar-refractivity contribution in [1.82, 2.24) is 4.90 Å². The number of quaternary nitrogens is 1. The molecule has 0 saturated heterocycles. The fourth-order valence-corrected chi connectivity index (χ4v) is 6.12. The average Bonchev–Trinajstić information content (AvgIpc) is 3.01. The summed E-state index contributed by atoms with van der Waals surface area (Å²) in [5.41, 5.74) is 2.69. The predicted octanol–water partition coefficient (Wildman–Crippen LogP) is 4.88. The number of thiophene rings is 2. The lowest BCUT2D eigenvalue weighted by Gasteiger charge is -2.24. The maximum Gasteiger partial charge on any atom is 0.0900 e. The Labute approximate surface area is 171 Å². The molecule has 0 aliphatic rings. The third kappa shape index (κ3) is 5.92. The lowest BCUT2D eigenvalue weighted by Crippen LogP contribution is -3.12. The molecule has 134 valence electrons. The van der Waals surface area contributed by atoms with Crippen LogP contribution in [0.15, 0.2) is 19.7 Å². The van der Waals surface area contributed by atoms with E-state index in [1.54, 1.807) is 4.90 Å². The summed E-state index contributed by atoms with van der Waals surface area (Å²) in [7, 11) is 0. The first-order valence-electron chi connectivity index (χ1n) is 8.48. The largest absolute Gasteiger partial charge is 0.334 e. The van der Waals surface area contributed by atoms with E-state index in [1.807, 2.05) is 22.7 Å². The number of likely N-dealkylation sites (N-methyl/N-ethyl adjacent to an activating group) is 1. The Hall–Kier alpha value is 0.280. The van der Waals surface area contributed by atoms with Crippen LogP contribution in [0.1, 0.15) is 34.7 Å². The predicted molar refractivity (Wildman–Crippen MR) is 115 cm³/mol. The second-order valence-electron chi connectivity index (χ2n) is 6.26. The number of nitrogens with zero attached hydrogens (tertiary/aromatic N) is 1. The van der Waals surface area contributed by atoms with Crippen LogP contribution in [0.2, 0.25) is 0 Å². The maximum absolute atomic E-state index is 3.66. The molecule has 0 fully saturated rings. The average molecular weight is 495 g/mol. The summed E-state index contributed by atoms with van der Waals surface area (Å²) in [4.78, 5) is 7.16. The molecule has 0 unspecified atom stereocenters. The van der Waals surface area contributed by atoms with Gasteiger partial charge in [-0.05, 0) is 82.8 Å². The van der Waals surface area contributed by atoms with Gasteiger partial charge in [-0.2, -0.15) is 0 Å². The molecule has 2 nitrogen and oxygen atoms in total. The van der Waals surface area contributed by atoms with Crippen LogP contribution in [0.5, 0.6) is 0 Å².